The van der Waals surface area contributed by atoms with Gasteiger partial charge in [-0.3, -0.25) is 0 Å². The summed E-state index contributed by atoms with van der Waals surface area (Å²) in [5, 5.41) is 0. The molecule has 4 N–H and O–H groups in total. The summed E-state index contributed by atoms with van der Waals surface area (Å²) >= 11 is 0. The van der Waals surface area contributed by atoms with Gasteiger partial charge in [-0.1, -0.05) is 0 Å². The summed E-state index contributed by atoms with van der Waals surface area (Å²) in [6, 6.07) is 0. The minimum absolute atomic E-state index is 0. The normalized spacial score (nSPS) is 0.857. The second kappa shape index (κ2) is 1400. The smallest absolute Gasteiger partial charge is 0 e. The third kappa shape index (κ3) is 1060. The summed E-state index contributed by atoms with van der Waals surface area (Å²) in [6.45, 7) is 27.0. The maximum atomic E-state index is 7.50. The minimum atomic E-state index is 0. The van der Waals surface area contributed by atoms with E-state index >= 15 is 0 Å². The molecule has 0 atom stereocenters. The summed E-state index contributed by atoms with van der Waals surface area (Å²) in [5.74, 6) is 0. The van der Waals surface area contributed by atoms with E-state index in [4.69, 9.17) is 27.9 Å². The summed E-state index contributed by atoms with van der Waals surface area (Å²) in [5.41, 5.74) is 0. The predicted molar refractivity (Wildman–Crippen MR) is 29.6 cm³/mol. The summed E-state index contributed by atoms with van der Waals surface area (Å²) in [7, 11) is 0. The van der Waals surface area contributed by atoms with Crippen LogP contribution in [0.1, 0.15) is 0 Å². The molecule has 0 saturated heterocycles. The van der Waals surface area contributed by atoms with Gasteiger partial charge in [0.1, 0.15) is 0 Å². The van der Waals surface area contributed by atoms with Gasteiger partial charge in [0.25, 0.3) is 0 Å². The van der Waals surface area contributed by atoms with Gasteiger partial charge in [0.2, 0.25) is 0 Å². The van der Waals surface area contributed by atoms with Gasteiger partial charge in [0, 0.05) is 18.6 Å². The van der Waals surface area contributed by atoms with Crippen LogP contribution in [-0.4, -0.2) is 0 Å². The van der Waals surface area contributed by atoms with E-state index in [9.17, 15) is 0 Å². The number of hydrogen-bond donors (Lipinski definition) is 1. The molecule has 7 nitrogen and oxygen atoms in total. The molecule has 0 heterocycles. The average molecular weight is 237 g/mol. The summed E-state index contributed by atoms with van der Waals surface area (Å²) in [6.07, 6.45) is 0. The number of hydrogen-bond acceptors (Lipinski definition) is 0. The fourth-order valence-corrected chi connectivity index (χ4v) is 0. The van der Waals surface area contributed by atoms with Crippen LogP contribution in [0.3, 0.4) is 0 Å². The molecule has 0 unspecified atom stereocenters. The molecule has 0 rings (SSSR count). The molecule has 0 spiro atoms. The maximum Gasteiger partial charge on any atom is 0 e. The van der Waals surface area contributed by atoms with E-state index in [0.29, 0.717) is 0 Å². The second-order valence-electron chi connectivity index (χ2n) is 0. The Bertz CT molecular complexity index is 97.3. The van der Waals surface area contributed by atoms with Crippen LogP contribution < -0.4 is 6.15 Å². The van der Waals surface area contributed by atoms with Crippen LogP contribution in [0.25, 0.3) is 0 Å². The standard InChI is InChI=1S/6CO.H3N.V/c6*1-2;;/h;;;;;;1H3;/p+1. The predicted octanol–water partition coefficient (Wildman–Crippen LogP) is 0.149. The first-order valence-corrected chi connectivity index (χ1v) is 1.22. The monoisotopic (exact) mass is 237 g/mol. The zero-order chi connectivity index (χ0) is 12.0. The molecule has 8 heteroatoms. The zero-order valence-corrected chi connectivity index (χ0v) is 8.29. The topological polar surface area (TPSA) is 156 Å². The largest absolute Gasteiger partial charge is 0.369 e. The van der Waals surface area contributed by atoms with Crippen molar-refractivity contribution in [2.75, 3.05) is 0 Å². The van der Waals surface area contributed by atoms with Crippen LogP contribution in [0.5, 0.6) is 0 Å². The Morgan fingerprint density at radius 3 is 0.357 bits per heavy atom. The van der Waals surface area contributed by atoms with Crippen molar-refractivity contribution in [3.63, 3.8) is 0 Å². The Morgan fingerprint density at radius 2 is 0.357 bits per heavy atom. The third-order valence-electron chi connectivity index (χ3n) is 0. The molecule has 0 fully saturated rings. The SMILES string of the molecule is [C-]#[O+].[C-]#[O+].[C-]#[O+].[C-]#[O+].[C-]#[O+].[C-]#[O+].[NH4+].[V]. The van der Waals surface area contributed by atoms with E-state index < -0.39 is 0 Å². The van der Waals surface area contributed by atoms with Gasteiger partial charge in [0.15, 0.2) is 0 Å². The van der Waals surface area contributed by atoms with Gasteiger partial charge < -0.3 is 6.15 Å². The first kappa shape index (κ1) is 75.1. The quantitative estimate of drug-likeness (QED) is 0.449. The van der Waals surface area contributed by atoms with E-state index in [1.54, 1.807) is 0 Å². The van der Waals surface area contributed by atoms with Crippen molar-refractivity contribution in [2.45, 2.75) is 0 Å². The van der Waals surface area contributed by atoms with Gasteiger partial charge >= 0.3 is 67.8 Å². The van der Waals surface area contributed by atoms with Crippen molar-refractivity contribution in [1.82, 2.24) is 6.15 Å². The van der Waals surface area contributed by atoms with Gasteiger partial charge in [0.05, 0.1) is 0 Å². The Kier molecular flexibility index (Phi) is 7520. The Balaban J connectivity index is -0.00000000500. The Labute approximate surface area is 93.0 Å². The average Bonchev–Trinajstić information content (AvgIpc) is 2.33. The van der Waals surface area contributed by atoms with Crippen molar-refractivity contribution in [3.8, 4) is 0 Å². The number of quaternary nitrogens is 1. The van der Waals surface area contributed by atoms with E-state index in [-0.39, 0.29) is 24.7 Å². The van der Waals surface area contributed by atoms with E-state index in [1.165, 1.54) is 0 Å². The molecule has 1 radical (unpaired) electrons. The summed E-state index contributed by atoms with van der Waals surface area (Å²) in [4.78, 5) is 0. The minimum Gasteiger partial charge on any atom is -0.369 e. The molecule has 0 aromatic carbocycles. The van der Waals surface area contributed by atoms with Crippen molar-refractivity contribution in [3.05, 3.63) is 39.9 Å². The molecule has 0 aliphatic heterocycles. The Morgan fingerprint density at radius 1 is 0.357 bits per heavy atom. The molecule has 73 valence electrons. The van der Waals surface area contributed by atoms with Crippen LogP contribution in [0, 0.1) is 39.9 Å². The molecular weight excluding hydrogens is 233 g/mol. The van der Waals surface area contributed by atoms with Gasteiger partial charge in [-0.15, -0.1) is 0 Å². The first-order chi connectivity index (χ1) is 6.00. The molecule has 0 aromatic heterocycles. The molecule has 0 aromatic rings. The number of rotatable bonds is 0. The molecule has 0 bridgehead atoms. The molecule has 0 aliphatic carbocycles. The zero-order valence-electron chi connectivity index (χ0n) is 6.90. The first-order valence-electron chi connectivity index (χ1n) is 1.22. The van der Waals surface area contributed by atoms with E-state index in [0.717, 1.165) is 0 Å². The van der Waals surface area contributed by atoms with Crippen LogP contribution in [-0.2, 0) is 46.5 Å². The van der Waals surface area contributed by atoms with Crippen molar-refractivity contribution >= 4 is 0 Å². The van der Waals surface area contributed by atoms with Gasteiger partial charge in [-0.25, -0.2) is 0 Å². The van der Waals surface area contributed by atoms with Crippen LogP contribution in [0.2, 0.25) is 0 Å². The van der Waals surface area contributed by atoms with Crippen LogP contribution >= 0.6 is 0 Å². The van der Waals surface area contributed by atoms with Crippen molar-refractivity contribution < 1.29 is 46.5 Å². The second-order valence-corrected chi connectivity index (χ2v) is 0. The maximum absolute atomic E-state index is 7.50. The van der Waals surface area contributed by atoms with Gasteiger partial charge in [-0.05, 0) is 0 Å². The van der Waals surface area contributed by atoms with E-state index in [2.05, 4.69) is 39.9 Å². The molecular formula is C6H4NO6V+. The van der Waals surface area contributed by atoms with Gasteiger partial charge in [-0.2, -0.15) is 0 Å². The molecule has 0 amide bonds. The molecule has 0 saturated carbocycles. The molecule has 14 heavy (non-hydrogen) atoms. The van der Waals surface area contributed by atoms with Crippen LogP contribution in [0.4, 0.5) is 0 Å². The molecule has 0 aliphatic rings. The van der Waals surface area contributed by atoms with Crippen LogP contribution in [0.15, 0.2) is 0 Å². The fourth-order valence-electron chi connectivity index (χ4n) is 0. The van der Waals surface area contributed by atoms with Crippen molar-refractivity contribution in [1.29, 1.82) is 0 Å². The third-order valence-corrected chi connectivity index (χ3v) is 0. The fraction of sp³-hybridized carbons (Fsp3) is 0. The summed E-state index contributed by atoms with van der Waals surface area (Å²) < 4.78 is 45.0. The van der Waals surface area contributed by atoms with E-state index in [1.807, 2.05) is 0 Å². The van der Waals surface area contributed by atoms with Crippen molar-refractivity contribution in [2.24, 2.45) is 0 Å². The Hall–Kier alpha value is -1.02.